The first-order valence-corrected chi connectivity index (χ1v) is 8.41. The molecule has 0 unspecified atom stereocenters. The van der Waals surface area contributed by atoms with Gasteiger partial charge in [-0.25, -0.2) is 8.42 Å². The van der Waals surface area contributed by atoms with E-state index < -0.39 is 10.0 Å². The number of sulfonamides is 1. The highest BCUT2D eigenvalue weighted by Crippen LogP contribution is 2.18. The molecule has 1 aromatic carbocycles. The smallest absolute Gasteiger partial charge is 0.261 e. The van der Waals surface area contributed by atoms with Crippen LogP contribution in [0.3, 0.4) is 0 Å². The Hall–Kier alpha value is -2.39. The van der Waals surface area contributed by atoms with Crippen LogP contribution >= 0.6 is 0 Å². The molecule has 5 nitrogen and oxygen atoms in total. The highest BCUT2D eigenvalue weighted by atomic mass is 32.2. The Morgan fingerprint density at radius 3 is 2.64 bits per heavy atom. The van der Waals surface area contributed by atoms with E-state index in [1.807, 2.05) is 6.92 Å². The number of nitrogens with one attached hydrogen (secondary N) is 1. The van der Waals surface area contributed by atoms with Gasteiger partial charge >= 0.3 is 0 Å². The van der Waals surface area contributed by atoms with Gasteiger partial charge < -0.3 is 0 Å². The molecule has 0 saturated carbocycles. The molecule has 0 atom stereocenters. The molecule has 2 aromatic rings. The van der Waals surface area contributed by atoms with Crippen LogP contribution in [0.5, 0.6) is 0 Å². The Labute approximate surface area is 130 Å². The van der Waals surface area contributed by atoms with Gasteiger partial charge in [0.1, 0.15) is 0 Å². The molecule has 0 aliphatic heterocycles. The normalized spacial score (nSPS) is 10.9. The van der Waals surface area contributed by atoms with Gasteiger partial charge in [0.15, 0.2) is 0 Å². The predicted molar refractivity (Wildman–Crippen MR) is 84.8 cm³/mol. The molecule has 0 radical (unpaired) electrons. The summed E-state index contributed by atoms with van der Waals surface area (Å²) in [4.78, 5) is 4.51. The number of rotatable bonds is 6. The maximum Gasteiger partial charge on any atom is 0.261 e. The number of nitriles is 1. The first-order valence-electron chi connectivity index (χ1n) is 6.93. The van der Waals surface area contributed by atoms with Crippen molar-refractivity contribution in [3.05, 3.63) is 53.9 Å². The lowest BCUT2D eigenvalue weighted by molar-refractivity contribution is 0.601. The van der Waals surface area contributed by atoms with Crippen molar-refractivity contribution in [2.45, 2.75) is 31.1 Å². The summed E-state index contributed by atoms with van der Waals surface area (Å²) in [6.45, 7) is 1.88. The van der Waals surface area contributed by atoms with Crippen LogP contribution in [0.1, 0.15) is 24.1 Å². The second kappa shape index (κ2) is 7.05. The topological polar surface area (TPSA) is 82.8 Å². The van der Waals surface area contributed by atoms with Gasteiger partial charge in [0, 0.05) is 12.1 Å². The molecule has 114 valence electrons. The summed E-state index contributed by atoms with van der Waals surface area (Å²) < 4.78 is 27.0. The molecule has 0 spiro atoms. The lowest BCUT2D eigenvalue weighted by atomic mass is 10.1. The van der Waals surface area contributed by atoms with E-state index in [-0.39, 0.29) is 4.90 Å². The first-order chi connectivity index (χ1) is 10.5. The highest BCUT2D eigenvalue weighted by Gasteiger charge is 2.14. The summed E-state index contributed by atoms with van der Waals surface area (Å²) in [6, 6.07) is 12.1. The number of hydrogen-bond acceptors (Lipinski definition) is 4. The molecule has 6 heteroatoms. The van der Waals surface area contributed by atoms with Gasteiger partial charge in [0.05, 0.1) is 22.8 Å². The molecular formula is C16H17N3O2S. The Morgan fingerprint density at radius 1 is 1.27 bits per heavy atom. The van der Waals surface area contributed by atoms with Crippen molar-refractivity contribution in [1.29, 1.82) is 5.26 Å². The van der Waals surface area contributed by atoms with E-state index in [0.29, 0.717) is 18.5 Å². The zero-order chi connectivity index (χ0) is 16.0. The number of anilines is 1. The molecule has 0 amide bonds. The monoisotopic (exact) mass is 315 g/mol. The molecule has 0 bridgehead atoms. The van der Waals surface area contributed by atoms with Crippen molar-refractivity contribution in [2.75, 3.05) is 4.72 Å². The number of nitrogens with zero attached hydrogens (tertiary/aromatic N) is 2. The van der Waals surface area contributed by atoms with Gasteiger partial charge in [-0.1, -0.05) is 18.2 Å². The molecule has 22 heavy (non-hydrogen) atoms. The summed E-state index contributed by atoms with van der Waals surface area (Å²) in [7, 11) is -3.60. The van der Waals surface area contributed by atoms with Crippen molar-refractivity contribution in [3.8, 4) is 6.07 Å². The van der Waals surface area contributed by atoms with Gasteiger partial charge in [-0.3, -0.25) is 9.71 Å². The number of unbranched alkanes of at least 4 members (excludes halogenated alkanes) is 1. The fraction of sp³-hybridized carbons (Fsp3) is 0.250. The average Bonchev–Trinajstić information content (AvgIpc) is 2.50. The van der Waals surface area contributed by atoms with Crippen LogP contribution in [0.15, 0.2) is 47.5 Å². The third-order valence-electron chi connectivity index (χ3n) is 3.19. The number of pyridine rings is 1. The minimum Gasteiger partial charge on any atom is -0.278 e. The third kappa shape index (κ3) is 4.06. The van der Waals surface area contributed by atoms with Crippen molar-refractivity contribution in [1.82, 2.24) is 4.98 Å². The standard InChI is InChI=1S/C16H17N3O2S/c1-13-11-14(12-18-16(13)9-5-6-10-17)19-22(20,21)15-7-3-2-4-8-15/h2-4,7-8,11-12,19H,5-6,9H2,1H3. The van der Waals surface area contributed by atoms with Crippen LogP contribution in [-0.4, -0.2) is 13.4 Å². The van der Waals surface area contributed by atoms with E-state index in [0.717, 1.165) is 17.7 Å². The molecule has 1 heterocycles. The van der Waals surface area contributed by atoms with Gasteiger partial charge in [-0.2, -0.15) is 5.26 Å². The fourth-order valence-electron chi connectivity index (χ4n) is 2.07. The summed E-state index contributed by atoms with van der Waals surface area (Å²) in [5.41, 5.74) is 2.23. The molecule has 1 aromatic heterocycles. The van der Waals surface area contributed by atoms with Gasteiger partial charge in [0.2, 0.25) is 0 Å². The fourth-order valence-corrected chi connectivity index (χ4v) is 3.12. The second-order valence-corrected chi connectivity index (χ2v) is 6.60. The Morgan fingerprint density at radius 2 is 2.00 bits per heavy atom. The van der Waals surface area contributed by atoms with Crippen LogP contribution in [0.2, 0.25) is 0 Å². The van der Waals surface area contributed by atoms with Crippen LogP contribution in [0.25, 0.3) is 0 Å². The van der Waals surface area contributed by atoms with E-state index in [1.165, 1.54) is 6.20 Å². The SMILES string of the molecule is Cc1cc(NS(=O)(=O)c2ccccc2)cnc1CCCC#N. The largest absolute Gasteiger partial charge is 0.278 e. The van der Waals surface area contributed by atoms with Crippen LogP contribution in [0, 0.1) is 18.3 Å². The van der Waals surface area contributed by atoms with E-state index in [1.54, 1.807) is 36.4 Å². The zero-order valence-electron chi connectivity index (χ0n) is 12.3. The number of aryl methyl sites for hydroxylation is 2. The predicted octanol–water partition coefficient (Wildman–Crippen LogP) is 3.04. The van der Waals surface area contributed by atoms with Gasteiger partial charge in [-0.15, -0.1) is 0 Å². The van der Waals surface area contributed by atoms with E-state index in [4.69, 9.17) is 5.26 Å². The minimum absolute atomic E-state index is 0.214. The lowest BCUT2D eigenvalue weighted by Gasteiger charge is -2.10. The Bertz CT molecular complexity index is 781. The average molecular weight is 315 g/mol. The minimum atomic E-state index is -3.60. The molecule has 0 saturated heterocycles. The summed E-state index contributed by atoms with van der Waals surface area (Å²) in [6.07, 6.45) is 3.46. The second-order valence-electron chi connectivity index (χ2n) is 4.92. The highest BCUT2D eigenvalue weighted by molar-refractivity contribution is 7.92. The van der Waals surface area contributed by atoms with Gasteiger partial charge in [0.25, 0.3) is 10.0 Å². The van der Waals surface area contributed by atoms with E-state index in [9.17, 15) is 8.42 Å². The zero-order valence-corrected chi connectivity index (χ0v) is 13.1. The maximum absolute atomic E-state index is 12.2. The number of benzene rings is 1. The number of aromatic nitrogens is 1. The molecule has 1 N–H and O–H groups in total. The maximum atomic E-state index is 12.2. The summed E-state index contributed by atoms with van der Waals surface area (Å²) in [5.74, 6) is 0. The molecular weight excluding hydrogens is 298 g/mol. The quantitative estimate of drug-likeness (QED) is 0.831. The first kappa shape index (κ1) is 16.0. The molecule has 2 rings (SSSR count). The summed E-state index contributed by atoms with van der Waals surface area (Å²) in [5, 5.41) is 8.55. The lowest BCUT2D eigenvalue weighted by Crippen LogP contribution is -2.13. The van der Waals surface area contributed by atoms with E-state index in [2.05, 4.69) is 15.8 Å². The van der Waals surface area contributed by atoms with E-state index >= 15 is 0 Å². The Kier molecular flexibility index (Phi) is 5.12. The Balaban J connectivity index is 2.14. The van der Waals surface area contributed by atoms with Crippen molar-refractivity contribution < 1.29 is 8.42 Å². The van der Waals surface area contributed by atoms with Crippen LogP contribution < -0.4 is 4.72 Å². The van der Waals surface area contributed by atoms with Crippen molar-refractivity contribution in [2.24, 2.45) is 0 Å². The molecule has 0 aliphatic rings. The van der Waals surface area contributed by atoms with Gasteiger partial charge in [-0.05, 0) is 43.5 Å². The third-order valence-corrected chi connectivity index (χ3v) is 4.59. The summed E-state index contributed by atoms with van der Waals surface area (Å²) >= 11 is 0. The van der Waals surface area contributed by atoms with Crippen molar-refractivity contribution in [3.63, 3.8) is 0 Å². The van der Waals surface area contributed by atoms with Crippen molar-refractivity contribution >= 4 is 15.7 Å². The van der Waals surface area contributed by atoms with Crippen LogP contribution in [-0.2, 0) is 16.4 Å². The molecule has 0 aliphatic carbocycles. The van der Waals surface area contributed by atoms with Crippen LogP contribution in [0.4, 0.5) is 5.69 Å². The molecule has 0 fully saturated rings. The number of hydrogen-bond donors (Lipinski definition) is 1.